The van der Waals surface area contributed by atoms with Crippen molar-refractivity contribution in [1.29, 1.82) is 0 Å². The van der Waals surface area contributed by atoms with Crippen molar-refractivity contribution in [2.45, 2.75) is 13.5 Å². The molecule has 4 heteroatoms. The van der Waals surface area contributed by atoms with Gasteiger partial charge in [0.25, 0.3) is 0 Å². The molecule has 0 heterocycles. The van der Waals surface area contributed by atoms with Crippen LogP contribution in [0.1, 0.15) is 21.5 Å². The molecule has 1 rings (SSSR count). The van der Waals surface area contributed by atoms with Crippen LogP contribution in [0.15, 0.2) is 12.1 Å². The predicted octanol–water partition coefficient (Wildman–Crippen LogP) is 1.29. The first kappa shape index (κ1) is 9.67. The number of carboxylic acid groups (broad SMARTS) is 1. The normalized spacial score (nSPS) is 10.1. The number of hydrogen-bond donors (Lipinski definition) is 2. The largest absolute Gasteiger partial charge is 0.478 e. The van der Waals surface area contributed by atoms with Gasteiger partial charge in [0.15, 0.2) is 0 Å². The zero-order chi connectivity index (χ0) is 10.0. The average Bonchev–Trinajstić information content (AvgIpc) is 2.03. The van der Waals surface area contributed by atoms with Gasteiger partial charge in [-0.25, -0.2) is 9.18 Å². The average molecular weight is 183 g/mol. The molecule has 3 nitrogen and oxygen atoms in total. The highest BCUT2D eigenvalue weighted by Gasteiger charge is 2.10. The van der Waals surface area contributed by atoms with Gasteiger partial charge in [0, 0.05) is 12.1 Å². The molecule has 0 aliphatic rings. The number of benzene rings is 1. The summed E-state index contributed by atoms with van der Waals surface area (Å²) < 4.78 is 13.0. The Bertz CT molecular complexity index is 350. The van der Waals surface area contributed by atoms with Crippen LogP contribution < -0.4 is 5.73 Å². The molecule has 0 fully saturated rings. The zero-order valence-corrected chi connectivity index (χ0v) is 7.17. The lowest BCUT2D eigenvalue weighted by Crippen LogP contribution is -2.06. The van der Waals surface area contributed by atoms with Crippen molar-refractivity contribution in [3.05, 3.63) is 34.6 Å². The Kier molecular flexibility index (Phi) is 2.63. The molecule has 0 radical (unpaired) electrons. The van der Waals surface area contributed by atoms with Gasteiger partial charge in [0.05, 0.1) is 5.56 Å². The van der Waals surface area contributed by atoms with E-state index in [1.54, 1.807) is 6.92 Å². The van der Waals surface area contributed by atoms with Gasteiger partial charge >= 0.3 is 5.97 Å². The molecular formula is C9H10FNO2. The van der Waals surface area contributed by atoms with E-state index in [1.807, 2.05) is 0 Å². The fourth-order valence-corrected chi connectivity index (χ4v) is 1.10. The van der Waals surface area contributed by atoms with E-state index in [0.29, 0.717) is 5.56 Å². The third kappa shape index (κ3) is 1.84. The summed E-state index contributed by atoms with van der Waals surface area (Å²) in [6, 6.07) is 2.46. The Hall–Kier alpha value is -1.42. The molecule has 0 bridgehead atoms. The second kappa shape index (κ2) is 3.53. The maximum Gasteiger partial charge on any atom is 0.335 e. The van der Waals surface area contributed by atoms with Crippen LogP contribution >= 0.6 is 0 Å². The molecule has 0 aromatic heterocycles. The third-order valence-electron chi connectivity index (χ3n) is 1.84. The molecule has 0 atom stereocenters. The van der Waals surface area contributed by atoms with Crippen molar-refractivity contribution >= 4 is 5.97 Å². The van der Waals surface area contributed by atoms with Crippen molar-refractivity contribution < 1.29 is 14.3 Å². The van der Waals surface area contributed by atoms with E-state index in [9.17, 15) is 9.18 Å². The number of rotatable bonds is 2. The monoisotopic (exact) mass is 183 g/mol. The molecule has 0 aliphatic heterocycles. The molecule has 3 N–H and O–H groups in total. The minimum atomic E-state index is -1.06. The van der Waals surface area contributed by atoms with Crippen LogP contribution in [0.2, 0.25) is 0 Å². The van der Waals surface area contributed by atoms with Crippen LogP contribution in [0.25, 0.3) is 0 Å². The topological polar surface area (TPSA) is 63.3 Å². The van der Waals surface area contributed by atoms with Gasteiger partial charge in [0.1, 0.15) is 5.82 Å². The van der Waals surface area contributed by atoms with E-state index in [1.165, 1.54) is 12.1 Å². The van der Waals surface area contributed by atoms with Gasteiger partial charge in [-0.15, -0.1) is 0 Å². The Labute approximate surface area is 75.0 Å². The molecule has 0 saturated heterocycles. The summed E-state index contributed by atoms with van der Waals surface area (Å²) in [6.07, 6.45) is 0. The van der Waals surface area contributed by atoms with Crippen molar-refractivity contribution in [2.75, 3.05) is 0 Å². The van der Waals surface area contributed by atoms with Gasteiger partial charge < -0.3 is 10.8 Å². The Morgan fingerprint density at radius 3 is 2.69 bits per heavy atom. The summed E-state index contributed by atoms with van der Waals surface area (Å²) in [5.41, 5.74) is 5.97. The molecule has 0 saturated carbocycles. The molecular weight excluding hydrogens is 173 g/mol. The molecule has 0 unspecified atom stereocenters. The number of hydrogen-bond acceptors (Lipinski definition) is 2. The molecule has 0 spiro atoms. The minimum Gasteiger partial charge on any atom is -0.478 e. The SMILES string of the molecule is Cc1cc(F)c(CN)cc1C(=O)O. The smallest absolute Gasteiger partial charge is 0.335 e. The molecule has 0 aliphatic carbocycles. The summed E-state index contributed by atoms with van der Waals surface area (Å²) in [5, 5.41) is 8.71. The van der Waals surface area contributed by atoms with Crippen molar-refractivity contribution in [3.63, 3.8) is 0 Å². The highest BCUT2D eigenvalue weighted by atomic mass is 19.1. The van der Waals surface area contributed by atoms with Crippen molar-refractivity contribution in [3.8, 4) is 0 Å². The standard InChI is InChI=1S/C9H10FNO2/c1-5-2-8(10)6(4-11)3-7(5)9(12)13/h2-3H,4,11H2,1H3,(H,12,13). The number of carboxylic acids is 1. The molecule has 13 heavy (non-hydrogen) atoms. The van der Waals surface area contributed by atoms with Crippen LogP contribution in [0.5, 0.6) is 0 Å². The van der Waals surface area contributed by atoms with Crippen molar-refractivity contribution in [1.82, 2.24) is 0 Å². The van der Waals surface area contributed by atoms with Gasteiger partial charge in [-0.3, -0.25) is 0 Å². The van der Waals surface area contributed by atoms with E-state index < -0.39 is 11.8 Å². The quantitative estimate of drug-likeness (QED) is 0.726. The zero-order valence-electron chi connectivity index (χ0n) is 7.17. The third-order valence-corrected chi connectivity index (χ3v) is 1.84. The molecule has 1 aromatic rings. The second-order valence-corrected chi connectivity index (χ2v) is 2.77. The lowest BCUT2D eigenvalue weighted by atomic mass is 10.0. The lowest BCUT2D eigenvalue weighted by Gasteiger charge is -2.04. The van der Waals surface area contributed by atoms with Crippen LogP contribution in [0.3, 0.4) is 0 Å². The number of aromatic carboxylic acids is 1. The van der Waals surface area contributed by atoms with Gasteiger partial charge in [0.2, 0.25) is 0 Å². The van der Waals surface area contributed by atoms with E-state index in [-0.39, 0.29) is 17.7 Å². The molecule has 0 amide bonds. The maximum absolute atomic E-state index is 13.0. The predicted molar refractivity (Wildman–Crippen MR) is 46.0 cm³/mol. The van der Waals surface area contributed by atoms with Gasteiger partial charge in [-0.2, -0.15) is 0 Å². The summed E-state index contributed by atoms with van der Waals surface area (Å²) in [6.45, 7) is 1.55. The van der Waals surface area contributed by atoms with Crippen molar-refractivity contribution in [2.24, 2.45) is 5.73 Å². The summed E-state index contributed by atoms with van der Waals surface area (Å²) in [7, 11) is 0. The number of aryl methyl sites for hydroxylation is 1. The van der Waals surface area contributed by atoms with Crippen LogP contribution in [-0.4, -0.2) is 11.1 Å². The van der Waals surface area contributed by atoms with E-state index in [4.69, 9.17) is 10.8 Å². The first-order chi connectivity index (χ1) is 6.06. The fourth-order valence-electron chi connectivity index (χ4n) is 1.10. The minimum absolute atomic E-state index is 0.00634. The lowest BCUT2D eigenvalue weighted by molar-refractivity contribution is 0.0696. The second-order valence-electron chi connectivity index (χ2n) is 2.77. The van der Waals surface area contributed by atoms with E-state index in [0.717, 1.165) is 0 Å². The first-order valence-corrected chi connectivity index (χ1v) is 3.78. The summed E-state index contributed by atoms with van der Waals surface area (Å²) in [4.78, 5) is 10.6. The molecule has 1 aromatic carbocycles. The number of nitrogens with two attached hydrogens (primary N) is 1. The van der Waals surface area contributed by atoms with Crippen LogP contribution in [-0.2, 0) is 6.54 Å². The summed E-state index contributed by atoms with van der Waals surface area (Å²) in [5.74, 6) is -1.52. The van der Waals surface area contributed by atoms with E-state index in [2.05, 4.69) is 0 Å². The first-order valence-electron chi connectivity index (χ1n) is 3.78. The van der Waals surface area contributed by atoms with Crippen LogP contribution in [0, 0.1) is 12.7 Å². The number of carbonyl (C=O) groups is 1. The van der Waals surface area contributed by atoms with Gasteiger partial charge in [-0.05, 0) is 24.6 Å². The van der Waals surface area contributed by atoms with Crippen LogP contribution in [0.4, 0.5) is 4.39 Å². The highest BCUT2D eigenvalue weighted by Crippen LogP contribution is 2.14. The maximum atomic E-state index is 13.0. The highest BCUT2D eigenvalue weighted by molar-refractivity contribution is 5.89. The van der Waals surface area contributed by atoms with Gasteiger partial charge in [-0.1, -0.05) is 0 Å². The Balaban J connectivity index is 3.30. The molecule has 70 valence electrons. The Morgan fingerprint density at radius 2 is 2.23 bits per heavy atom. The Morgan fingerprint density at radius 1 is 1.62 bits per heavy atom. The summed E-state index contributed by atoms with van der Waals surface area (Å²) >= 11 is 0. The van der Waals surface area contributed by atoms with E-state index >= 15 is 0 Å². The number of halogens is 1. The fraction of sp³-hybridized carbons (Fsp3) is 0.222.